The highest BCUT2D eigenvalue weighted by molar-refractivity contribution is 9.10. The van der Waals surface area contributed by atoms with E-state index in [-0.39, 0.29) is 0 Å². The molecule has 1 heterocycles. The van der Waals surface area contributed by atoms with E-state index in [1.807, 2.05) is 0 Å². The number of halogens is 1. The maximum atomic E-state index is 12.7. The van der Waals surface area contributed by atoms with Crippen molar-refractivity contribution >= 4 is 44.3 Å². The fraction of sp³-hybridized carbons (Fsp3) is 0.133. The third kappa shape index (κ3) is 2.57. The number of hydrogen-bond donors (Lipinski definition) is 1. The molecule has 3 atom stereocenters. The van der Waals surface area contributed by atoms with Crippen LogP contribution in [0.2, 0.25) is 0 Å². The molecule has 7 heteroatoms. The number of carboxylic acid groups (broad SMARTS) is 1. The van der Waals surface area contributed by atoms with Crippen LogP contribution in [-0.4, -0.2) is 20.2 Å². The molecule has 3 rings (SSSR count). The first kappa shape index (κ1) is 15.9. The lowest BCUT2D eigenvalue weighted by atomic mass is 10.0. The van der Waals surface area contributed by atoms with E-state index in [2.05, 4.69) is 15.9 Å². The molecule has 3 unspecified atom stereocenters. The monoisotopic (exact) mass is 398 g/mol. The molecule has 1 aliphatic heterocycles. The summed E-state index contributed by atoms with van der Waals surface area (Å²) in [6.45, 7) is 1.57. The largest absolute Gasteiger partial charge is 0.606 e. The SMILES string of the molecule is CC(C(=O)O)c1ccc2c(c1)[S+]([O-])c1ccc(Br)cc1[S+]2[O-]. The second-order valence-corrected chi connectivity index (χ2v) is 8.64. The predicted octanol–water partition coefficient (Wildman–Crippen LogP) is 3.28. The third-order valence-electron chi connectivity index (χ3n) is 3.54. The quantitative estimate of drug-likeness (QED) is 0.786. The minimum absolute atomic E-state index is 0.429. The number of benzene rings is 2. The molecule has 0 bridgehead atoms. The molecule has 2 aromatic carbocycles. The summed E-state index contributed by atoms with van der Waals surface area (Å²) in [6, 6.07) is 9.98. The van der Waals surface area contributed by atoms with Crippen molar-refractivity contribution in [1.29, 1.82) is 0 Å². The Morgan fingerprint density at radius 2 is 1.59 bits per heavy atom. The van der Waals surface area contributed by atoms with Crippen LogP contribution in [0.5, 0.6) is 0 Å². The molecule has 0 spiro atoms. The van der Waals surface area contributed by atoms with E-state index in [1.54, 1.807) is 43.3 Å². The lowest BCUT2D eigenvalue weighted by molar-refractivity contribution is -0.138. The van der Waals surface area contributed by atoms with Gasteiger partial charge in [0.2, 0.25) is 19.6 Å². The number of carboxylic acids is 1. The van der Waals surface area contributed by atoms with Crippen molar-refractivity contribution in [3.8, 4) is 0 Å². The van der Waals surface area contributed by atoms with Gasteiger partial charge < -0.3 is 14.2 Å². The Morgan fingerprint density at radius 3 is 2.18 bits per heavy atom. The number of fused-ring (bicyclic) bond motifs is 2. The van der Waals surface area contributed by atoms with Crippen LogP contribution in [0, 0.1) is 0 Å². The summed E-state index contributed by atoms with van der Waals surface area (Å²) in [4.78, 5) is 13.1. The van der Waals surface area contributed by atoms with Gasteiger partial charge in [-0.2, -0.15) is 0 Å². The Bertz CT molecular complexity index is 765. The highest BCUT2D eigenvalue weighted by atomic mass is 79.9. The highest BCUT2D eigenvalue weighted by Crippen LogP contribution is 2.42. The molecule has 22 heavy (non-hydrogen) atoms. The second kappa shape index (κ2) is 5.90. The van der Waals surface area contributed by atoms with Crippen molar-refractivity contribution in [3.05, 3.63) is 46.4 Å². The van der Waals surface area contributed by atoms with Crippen molar-refractivity contribution in [2.75, 3.05) is 0 Å². The van der Waals surface area contributed by atoms with Gasteiger partial charge in [0.05, 0.1) is 5.92 Å². The van der Waals surface area contributed by atoms with E-state index in [0.717, 1.165) is 4.47 Å². The molecule has 114 valence electrons. The first-order chi connectivity index (χ1) is 10.4. The Hall–Kier alpha value is -0.990. The summed E-state index contributed by atoms with van der Waals surface area (Å²) in [7, 11) is 0. The molecule has 0 amide bonds. The van der Waals surface area contributed by atoms with E-state index in [1.165, 1.54) is 0 Å². The van der Waals surface area contributed by atoms with Crippen LogP contribution in [0.15, 0.2) is 60.5 Å². The summed E-state index contributed by atoms with van der Waals surface area (Å²) in [5.41, 5.74) is 0.553. The molecule has 1 aliphatic rings. The van der Waals surface area contributed by atoms with Crippen molar-refractivity contribution in [2.45, 2.75) is 32.4 Å². The fourth-order valence-corrected chi connectivity index (χ4v) is 5.99. The molecular formula is C15H11BrO4S2. The van der Waals surface area contributed by atoms with Crippen LogP contribution in [-0.2, 0) is 27.1 Å². The molecule has 0 saturated heterocycles. The molecule has 0 aliphatic carbocycles. The van der Waals surface area contributed by atoms with Crippen molar-refractivity contribution < 1.29 is 19.0 Å². The fourth-order valence-electron chi connectivity index (χ4n) is 2.25. The summed E-state index contributed by atoms with van der Waals surface area (Å²) >= 11 is 0.436. The zero-order valence-corrected chi connectivity index (χ0v) is 14.6. The van der Waals surface area contributed by atoms with Gasteiger partial charge >= 0.3 is 5.97 Å². The summed E-state index contributed by atoms with van der Waals surface area (Å²) in [6.07, 6.45) is 0. The maximum absolute atomic E-state index is 12.7. The first-order valence-electron chi connectivity index (χ1n) is 6.40. The van der Waals surface area contributed by atoms with Crippen molar-refractivity contribution in [2.24, 2.45) is 0 Å². The smallest absolute Gasteiger partial charge is 0.310 e. The van der Waals surface area contributed by atoms with Gasteiger partial charge in [0.1, 0.15) is 0 Å². The van der Waals surface area contributed by atoms with Crippen LogP contribution >= 0.6 is 15.9 Å². The van der Waals surface area contributed by atoms with Crippen LogP contribution in [0.3, 0.4) is 0 Å². The van der Waals surface area contributed by atoms with Crippen LogP contribution in [0.1, 0.15) is 18.4 Å². The van der Waals surface area contributed by atoms with E-state index in [9.17, 15) is 13.9 Å². The lowest BCUT2D eigenvalue weighted by Crippen LogP contribution is -2.20. The van der Waals surface area contributed by atoms with Gasteiger partial charge in [0.25, 0.3) is 0 Å². The summed E-state index contributed by atoms with van der Waals surface area (Å²) in [5, 5.41) is 9.10. The normalized spacial score (nSPS) is 20.9. The summed E-state index contributed by atoms with van der Waals surface area (Å²) < 4.78 is 26.2. The molecule has 0 radical (unpaired) electrons. The number of hydrogen-bond acceptors (Lipinski definition) is 3. The number of carbonyl (C=O) groups is 1. The first-order valence-corrected chi connectivity index (χ1v) is 9.49. The minimum atomic E-state index is -1.47. The van der Waals surface area contributed by atoms with E-state index < -0.39 is 34.2 Å². The van der Waals surface area contributed by atoms with Gasteiger partial charge in [0.15, 0.2) is 0 Å². The Morgan fingerprint density at radius 1 is 1.05 bits per heavy atom. The maximum Gasteiger partial charge on any atom is 0.310 e. The topological polar surface area (TPSA) is 83.4 Å². The molecule has 2 aromatic rings. The molecule has 0 saturated carbocycles. The number of rotatable bonds is 2. The van der Waals surface area contributed by atoms with Gasteiger partial charge in [-0.15, -0.1) is 0 Å². The predicted molar refractivity (Wildman–Crippen MR) is 86.0 cm³/mol. The van der Waals surface area contributed by atoms with Gasteiger partial charge in [-0.05, 0) is 24.6 Å². The van der Waals surface area contributed by atoms with Gasteiger partial charge in [-0.1, -0.05) is 22.0 Å². The standard InChI is InChI=1S/C15H11BrO4S2/c1-8(15(17)18)9-2-4-11-13(6-9)21(19)12-5-3-10(16)7-14(12)22(11)20/h2-8H,1H3,(H,17,18). The zero-order valence-electron chi connectivity index (χ0n) is 11.4. The lowest BCUT2D eigenvalue weighted by Gasteiger charge is -2.23. The van der Waals surface area contributed by atoms with E-state index in [4.69, 9.17) is 5.11 Å². The van der Waals surface area contributed by atoms with Crippen LogP contribution in [0.4, 0.5) is 0 Å². The third-order valence-corrected chi connectivity index (χ3v) is 7.28. The molecule has 4 nitrogen and oxygen atoms in total. The molecule has 1 N–H and O–H groups in total. The summed E-state index contributed by atoms with van der Waals surface area (Å²) in [5.74, 6) is -1.66. The van der Waals surface area contributed by atoms with Crippen molar-refractivity contribution in [3.63, 3.8) is 0 Å². The van der Waals surface area contributed by atoms with Gasteiger partial charge in [-0.3, -0.25) is 4.79 Å². The van der Waals surface area contributed by atoms with Gasteiger partial charge in [-0.25, -0.2) is 0 Å². The Balaban J connectivity index is 2.13. The average molecular weight is 399 g/mol. The average Bonchev–Trinajstić information content (AvgIpc) is 2.51. The molecule has 0 fully saturated rings. The van der Waals surface area contributed by atoms with Crippen LogP contribution < -0.4 is 0 Å². The van der Waals surface area contributed by atoms with Crippen molar-refractivity contribution in [1.82, 2.24) is 0 Å². The minimum Gasteiger partial charge on any atom is -0.606 e. The molecule has 0 aromatic heterocycles. The zero-order chi connectivity index (χ0) is 16.0. The highest BCUT2D eigenvalue weighted by Gasteiger charge is 2.40. The van der Waals surface area contributed by atoms with E-state index >= 15 is 0 Å². The molecular weight excluding hydrogens is 388 g/mol. The number of aliphatic carboxylic acids is 1. The Kier molecular flexibility index (Phi) is 4.26. The van der Waals surface area contributed by atoms with E-state index in [0.29, 0.717) is 25.1 Å². The van der Waals surface area contributed by atoms with Gasteiger partial charge in [0, 0.05) is 45.0 Å². The Labute approximate surface area is 142 Å². The second-order valence-electron chi connectivity index (χ2n) is 4.89. The van der Waals surface area contributed by atoms with Crippen LogP contribution in [0.25, 0.3) is 0 Å².